The second-order valence-corrected chi connectivity index (χ2v) is 20.4. The van der Waals surface area contributed by atoms with Crippen LogP contribution in [0.4, 0.5) is 28.4 Å². The van der Waals surface area contributed by atoms with Crippen LogP contribution in [0.15, 0.2) is 217 Å². The summed E-state index contributed by atoms with van der Waals surface area (Å²) in [6.07, 6.45) is 5.86. The van der Waals surface area contributed by atoms with E-state index in [1.807, 2.05) is 6.07 Å². The summed E-state index contributed by atoms with van der Waals surface area (Å²) in [7, 11) is 0. The van der Waals surface area contributed by atoms with Crippen LogP contribution in [0.5, 0.6) is 0 Å². The smallest absolute Gasteiger partial charge is 0.143 e. The molecule has 0 saturated carbocycles. The normalized spacial score (nSPS) is 16.6. The lowest BCUT2D eigenvalue weighted by Gasteiger charge is -2.30. The molecule has 9 aromatic carbocycles. The summed E-state index contributed by atoms with van der Waals surface area (Å²) in [5, 5.41) is 2.28. The van der Waals surface area contributed by atoms with Gasteiger partial charge in [0.1, 0.15) is 11.2 Å². The van der Waals surface area contributed by atoms with Crippen LogP contribution in [0.3, 0.4) is 0 Å². The molecule has 3 heteroatoms. The Morgan fingerprint density at radius 1 is 0.493 bits per heavy atom. The van der Waals surface area contributed by atoms with Crippen molar-refractivity contribution in [3.05, 3.63) is 246 Å². The highest BCUT2D eigenvalue weighted by molar-refractivity contribution is 6.10. The highest BCUT2D eigenvalue weighted by atomic mass is 16.3. The molecule has 0 spiro atoms. The van der Waals surface area contributed by atoms with Gasteiger partial charge in [0.15, 0.2) is 0 Å². The van der Waals surface area contributed by atoms with Gasteiger partial charge in [-0.3, -0.25) is 0 Å². The predicted octanol–water partition coefficient (Wildman–Crippen LogP) is 17.7. The number of furan rings is 1. The van der Waals surface area contributed by atoms with E-state index in [9.17, 15) is 0 Å². The molecule has 1 unspecified atom stereocenters. The fraction of sp³-hybridized carbons (Fsp3) is 0.121. The zero-order valence-electron chi connectivity index (χ0n) is 39.3. The fourth-order valence-corrected chi connectivity index (χ4v) is 12.5. The minimum absolute atomic E-state index is 0.0734. The SMILES string of the molecule is CC1(C)c2ccccc2-c2cc3c(cc21)N(c1ccccc1)C1CC=C(c2ccc(N(c4ccc(-c5cccc6c5oc5ccccc56)cc4)c4cccc5c4-c4ccccc4C5(C)C)cc2)C=C31. The van der Waals surface area contributed by atoms with E-state index in [-0.39, 0.29) is 16.9 Å². The maximum atomic E-state index is 6.50. The molecule has 0 saturated heterocycles. The van der Waals surface area contributed by atoms with Crippen LogP contribution in [0, 0.1) is 0 Å². The summed E-state index contributed by atoms with van der Waals surface area (Å²) in [6.45, 7) is 9.49. The summed E-state index contributed by atoms with van der Waals surface area (Å²) in [5.74, 6) is 0. The number of benzene rings is 9. The third-order valence-corrected chi connectivity index (χ3v) is 16.0. The van der Waals surface area contributed by atoms with Crippen molar-refractivity contribution >= 4 is 61.5 Å². The summed E-state index contributed by atoms with van der Waals surface area (Å²) >= 11 is 0. The van der Waals surface area contributed by atoms with E-state index < -0.39 is 0 Å². The molecule has 0 N–H and O–H groups in total. The number of anilines is 5. The second kappa shape index (κ2) is 14.7. The number of hydrogen-bond acceptors (Lipinski definition) is 3. The average molecular weight is 887 g/mol. The lowest BCUT2D eigenvalue weighted by molar-refractivity contribution is 0.660. The van der Waals surface area contributed by atoms with Crippen molar-refractivity contribution in [2.24, 2.45) is 0 Å². The molecule has 1 atom stereocenters. The van der Waals surface area contributed by atoms with Gasteiger partial charge in [-0.25, -0.2) is 0 Å². The van der Waals surface area contributed by atoms with Gasteiger partial charge < -0.3 is 14.2 Å². The minimum Gasteiger partial charge on any atom is -0.455 e. The van der Waals surface area contributed by atoms with Crippen molar-refractivity contribution in [2.75, 3.05) is 9.80 Å². The fourth-order valence-electron chi connectivity index (χ4n) is 12.5. The molecule has 1 aromatic heterocycles. The van der Waals surface area contributed by atoms with E-state index in [4.69, 9.17) is 4.42 Å². The lowest BCUT2D eigenvalue weighted by Crippen LogP contribution is -2.27. The van der Waals surface area contributed by atoms with Crippen LogP contribution in [-0.4, -0.2) is 6.04 Å². The maximum absolute atomic E-state index is 6.50. The Labute approximate surface area is 403 Å². The first-order valence-electron chi connectivity index (χ1n) is 24.4. The van der Waals surface area contributed by atoms with Gasteiger partial charge in [-0.15, -0.1) is 0 Å². The van der Waals surface area contributed by atoms with E-state index in [1.165, 1.54) is 83.8 Å². The molecular weight excluding hydrogens is 837 g/mol. The second-order valence-electron chi connectivity index (χ2n) is 20.4. The van der Waals surface area contributed by atoms with E-state index in [1.54, 1.807) is 0 Å². The largest absolute Gasteiger partial charge is 0.455 e. The van der Waals surface area contributed by atoms with Crippen molar-refractivity contribution in [3.8, 4) is 33.4 Å². The third-order valence-electron chi connectivity index (χ3n) is 16.0. The van der Waals surface area contributed by atoms with Gasteiger partial charge in [-0.2, -0.15) is 0 Å². The molecule has 0 fully saturated rings. The number of para-hydroxylation sites is 3. The number of nitrogens with zero attached hydrogens (tertiary/aromatic N) is 2. The summed E-state index contributed by atoms with van der Waals surface area (Å²) in [5.41, 5.74) is 25.8. The number of rotatable bonds is 6. The first kappa shape index (κ1) is 40.0. The molecule has 0 bridgehead atoms. The molecule has 0 amide bonds. The van der Waals surface area contributed by atoms with Gasteiger partial charge >= 0.3 is 0 Å². The van der Waals surface area contributed by atoms with Crippen molar-refractivity contribution in [3.63, 3.8) is 0 Å². The molecule has 10 aromatic rings. The third kappa shape index (κ3) is 5.80. The summed E-state index contributed by atoms with van der Waals surface area (Å²) in [4.78, 5) is 5.05. The zero-order chi connectivity index (χ0) is 46.2. The van der Waals surface area contributed by atoms with Crippen LogP contribution in [0.25, 0.3) is 66.5 Å². The highest BCUT2D eigenvalue weighted by Gasteiger charge is 2.42. The monoisotopic (exact) mass is 886 g/mol. The van der Waals surface area contributed by atoms with E-state index in [2.05, 4.69) is 244 Å². The van der Waals surface area contributed by atoms with Gasteiger partial charge in [-0.05, 0) is 134 Å². The first-order valence-corrected chi connectivity index (χ1v) is 24.4. The topological polar surface area (TPSA) is 19.6 Å². The van der Waals surface area contributed by atoms with Crippen LogP contribution >= 0.6 is 0 Å². The van der Waals surface area contributed by atoms with E-state index >= 15 is 0 Å². The Kier molecular flexibility index (Phi) is 8.50. The molecule has 330 valence electrons. The van der Waals surface area contributed by atoms with Crippen LogP contribution in [0.1, 0.15) is 67.5 Å². The zero-order valence-corrected chi connectivity index (χ0v) is 39.3. The summed E-state index contributed by atoms with van der Waals surface area (Å²) < 4.78 is 6.50. The van der Waals surface area contributed by atoms with Gasteiger partial charge in [0, 0.05) is 61.0 Å². The van der Waals surface area contributed by atoms with E-state index in [0.717, 1.165) is 50.9 Å². The highest BCUT2D eigenvalue weighted by Crippen LogP contribution is 2.57. The van der Waals surface area contributed by atoms with Crippen LogP contribution in [-0.2, 0) is 10.8 Å². The Morgan fingerprint density at radius 2 is 1.10 bits per heavy atom. The predicted molar refractivity (Wildman–Crippen MR) is 288 cm³/mol. The Balaban J connectivity index is 0.876. The first-order chi connectivity index (χ1) is 33.7. The molecule has 3 aliphatic carbocycles. The minimum atomic E-state index is -0.125. The van der Waals surface area contributed by atoms with E-state index in [0.29, 0.717) is 0 Å². The van der Waals surface area contributed by atoms with Gasteiger partial charge in [0.2, 0.25) is 0 Å². The van der Waals surface area contributed by atoms with Crippen molar-refractivity contribution in [1.82, 2.24) is 0 Å². The van der Waals surface area contributed by atoms with Crippen molar-refractivity contribution in [1.29, 1.82) is 0 Å². The van der Waals surface area contributed by atoms with Gasteiger partial charge in [0.25, 0.3) is 0 Å². The standard InChI is InChI=1S/C66H50N2O/c1-65(2)56-24-12-9-20-51(56)63-57(65)25-15-26-60(63)67(46-35-30-42(31-36-46)47-21-14-22-50-49-19-10-13-27-62(49)69-64(47)50)45-33-28-41(29-34-45)43-32-37-59-53(38-43)54-39-52-48-18-8-11-23-55(48)66(3,4)58(52)40-61(54)68(59)44-16-6-5-7-17-44/h5-36,38-40,59H,37H2,1-4H3. The van der Waals surface area contributed by atoms with Crippen molar-refractivity contribution < 1.29 is 4.42 Å². The molecule has 14 rings (SSSR count). The van der Waals surface area contributed by atoms with Crippen LogP contribution < -0.4 is 9.80 Å². The van der Waals surface area contributed by atoms with Gasteiger partial charge in [-0.1, -0.05) is 173 Å². The Bertz CT molecular complexity index is 3810. The Morgan fingerprint density at radius 3 is 1.88 bits per heavy atom. The number of allylic oxidation sites excluding steroid dienone is 2. The molecule has 4 aliphatic rings. The average Bonchev–Trinajstić information content (AvgIpc) is 4.07. The van der Waals surface area contributed by atoms with Crippen molar-refractivity contribution in [2.45, 2.75) is 51.0 Å². The number of fused-ring (bicyclic) bond motifs is 12. The lowest BCUT2D eigenvalue weighted by atomic mass is 9.82. The molecule has 2 heterocycles. The molecule has 0 radical (unpaired) electrons. The Hall–Kier alpha value is -8.14. The molecule has 3 nitrogen and oxygen atoms in total. The molecule has 1 aliphatic heterocycles. The molecular formula is C66H50N2O. The van der Waals surface area contributed by atoms with Gasteiger partial charge in [0.05, 0.1) is 11.7 Å². The number of hydrogen-bond donors (Lipinski definition) is 0. The maximum Gasteiger partial charge on any atom is 0.143 e. The molecule has 69 heavy (non-hydrogen) atoms. The van der Waals surface area contributed by atoms with Crippen LogP contribution in [0.2, 0.25) is 0 Å². The summed E-state index contributed by atoms with van der Waals surface area (Å²) in [6, 6.07) is 74.2. The quantitative estimate of drug-likeness (QED) is 0.166.